The molecule has 3 rings (SSSR count). The lowest BCUT2D eigenvalue weighted by Gasteiger charge is -2.20. The molecule has 0 saturated heterocycles. The van der Waals surface area contributed by atoms with Crippen LogP contribution in [-0.2, 0) is 16.1 Å². The van der Waals surface area contributed by atoms with Gasteiger partial charge in [0.1, 0.15) is 11.4 Å². The van der Waals surface area contributed by atoms with Gasteiger partial charge in [-0.25, -0.2) is 4.79 Å². The first-order chi connectivity index (χ1) is 15.7. The second kappa shape index (κ2) is 10.6. The molecule has 0 saturated carbocycles. The van der Waals surface area contributed by atoms with Gasteiger partial charge in [-0.05, 0) is 60.7 Å². The third-order valence-corrected chi connectivity index (χ3v) is 4.69. The largest absolute Gasteiger partial charge is 0.444 e. The van der Waals surface area contributed by atoms with Gasteiger partial charge in [-0.15, -0.1) is 0 Å². The summed E-state index contributed by atoms with van der Waals surface area (Å²) < 4.78 is 10.4. The Morgan fingerprint density at radius 2 is 1.48 bits per heavy atom. The highest BCUT2D eigenvalue weighted by atomic mass is 16.6. The maximum absolute atomic E-state index is 12.1. The lowest BCUT2D eigenvalue weighted by Crippen LogP contribution is -2.32. The van der Waals surface area contributed by atoms with E-state index < -0.39 is 11.7 Å². The summed E-state index contributed by atoms with van der Waals surface area (Å²) in [6.07, 6.45) is 3.62. The average molecular weight is 444 g/mol. The number of nitrogens with one attached hydrogen (secondary N) is 1. The third kappa shape index (κ3) is 7.35. The standard InChI is InChI=1S/C28H29NO4/c1-20(30)32-24-17-14-21(15-18-24)13-16-22-9-5-7-11-25(22)26-12-8-6-10-23(26)19-29-27(31)33-28(2,3)4/h5-18H,19H2,1-4H3,(H,29,31)/b16-13+. The number of esters is 1. The molecule has 5 nitrogen and oxygen atoms in total. The Labute approximate surface area is 195 Å². The fraction of sp³-hybridized carbons (Fsp3) is 0.214. The predicted molar refractivity (Wildman–Crippen MR) is 132 cm³/mol. The monoisotopic (exact) mass is 443 g/mol. The second-order valence-corrected chi connectivity index (χ2v) is 8.60. The van der Waals surface area contributed by atoms with Gasteiger partial charge in [0.25, 0.3) is 0 Å². The van der Waals surface area contributed by atoms with E-state index in [-0.39, 0.29) is 5.97 Å². The lowest BCUT2D eigenvalue weighted by molar-refractivity contribution is -0.131. The number of hydrogen-bond donors (Lipinski definition) is 1. The minimum atomic E-state index is -0.544. The van der Waals surface area contributed by atoms with Crippen LogP contribution in [0.3, 0.4) is 0 Å². The van der Waals surface area contributed by atoms with E-state index in [4.69, 9.17) is 9.47 Å². The molecule has 0 aliphatic rings. The van der Waals surface area contributed by atoms with Crippen molar-refractivity contribution < 1.29 is 19.1 Å². The van der Waals surface area contributed by atoms with Gasteiger partial charge in [0.05, 0.1) is 0 Å². The Bertz CT molecular complexity index is 1140. The summed E-state index contributed by atoms with van der Waals surface area (Å²) in [7, 11) is 0. The van der Waals surface area contributed by atoms with E-state index in [1.807, 2.05) is 81.5 Å². The van der Waals surface area contributed by atoms with Crippen LogP contribution in [0.25, 0.3) is 23.3 Å². The maximum atomic E-state index is 12.1. The zero-order chi connectivity index (χ0) is 23.8. The molecule has 170 valence electrons. The molecular formula is C28H29NO4. The van der Waals surface area contributed by atoms with Gasteiger partial charge < -0.3 is 14.8 Å². The van der Waals surface area contributed by atoms with Crippen molar-refractivity contribution in [3.05, 3.63) is 89.5 Å². The van der Waals surface area contributed by atoms with E-state index in [2.05, 4.69) is 17.4 Å². The van der Waals surface area contributed by atoms with Crippen LogP contribution < -0.4 is 10.1 Å². The molecule has 1 amide bonds. The Balaban J connectivity index is 1.81. The van der Waals surface area contributed by atoms with Gasteiger partial charge in [0, 0.05) is 13.5 Å². The van der Waals surface area contributed by atoms with E-state index in [1.54, 1.807) is 12.1 Å². The molecule has 0 aromatic heterocycles. The van der Waals surface area contributed by atoms with E-state index in [0.717, 1.165) is 27.8 Å². The summed E-state index contributed by atoms with van der Waals surface area (Å²) in [6.45, 7) is 7.26. The second-order valence-electron chi connectivity index (χ2n) is 8.60. The first kappa shape index (κ1) is 23.8. The number of alkyl carbamates (subject to hydrolysis) is 1. The van der Waals surface area contributed by atoms with Gasteiger partial charge >= 0.3 is 12.1 Å². The molecule has 0 fully saturated rings. The SMILES string of the molecule is CC(=O)Oc1ccc(/C=C/c2ccccc2-c2ccccc2CNC(=O)OC(C)(C)C)cc1. The van der Waals surface area contributed by atoms with Crippen molar-refractivity contribution >= 4 is 24.2 Å². The minimum Gasteiger partial charge on any atom is -0.444 e. The van der Waals surface area contributed by atoms with Crippen molar-refractivity contribution in [3.63, 3.8) is 0 Å². The molecule has 0 aliphatic carbocycles. The number of benzene rings is 3. The highest BCUT2D eigenvalue weighted by Gasteiger charge is 2.16. The molecule has 0 aliphatic heterocycles. The molecule has 33 heavy (non-hydrogen) atoms. The molecule has 3 aromatic rings. The fourth-order valence-corrected chi connectivity index (χ4v) is 3.31. The first-order valence-electron chi connectivity index (χ1n) is 10.8. The minimum absolute atomic E-state index is 0.341. The van der Waals surface area contributed by atoms with Gasteiger partial charge in [-0.2, -0.15) is 0 Å². The smallest absolute Gasteiger partial charge is 0.407 e. The van der Waals surface area contributed by atoms with Crippen LogP contribution in [0.5, 0.6) is 5.75 Å². The number of rotatable bonds is 6. The molecule has 3 aromatic carbocycles. The van der Waals surface area contributed by atoms with Crippen LogP contribution in [0, 0.1) is 0 Å². The zero-order valence-corrected chi connectivity index (χ0v) is 19.4. The molecule has 5 heteroatoms. The summed E-state index contributed by atoms with van der Waals surface area (Å²) in [5.41, 5.74) is 4.59. The van der Waals surface area contributed by atoms with Crippen molar-refractivity contribution in [1.29, 1.82) is 0 Å². The molecule has 0 spiro atoms. The Morgan fingerprint density at radius 1 is 0.848 bits per heavy atom. The van der Waals surface area contributed by atoms with Crippen molar-refractivity contribution in [2.75, 3.05) is 0 Å². The molecule has 0 heterocycles. The number of hydrogen-bond acceptors (Lipinski definition) is 4. The summed E-state index contributed by atoms with van der Waals surface area (Å²) in [5, 5.41) is 2.85. The van der Waals surface area contributed by atoms with Crippen molar-refractivity contribution in [3.8, 4) is 16.9 Å². The summed E-state index contributed by atoms with van der Waals surface area (Å²) in [5.74, 6) is 0.179. The Hall–Kier alpha value is -3.86. The van der Waals surface area contributed by atoms with Crippen molar-refractivity contribution in [1.82, 2.24) is 5.32 Å². The Kier molecular flexibility index (Phi) is 7.67. The normalized spacial score (nSPS) is 11.3. The number of ether oxygens (including phenoxy) is 2. The summed E-state index contributed by atoms with van der Waals surface area (Å²) in [6, 6.07) is 23.4. The molecule has 0 unspecified atom stereocenters. The van der Waals surface area contributed by atoms with Gasteiger partial charge in [0.15, 0.2) is 0 Å². The number of carbonyl (C=O) groups is 2. The fourth-order valence-electron chi connectivity index (χ4n) is 3.31. The van der Waals surface area contributed by atoms with Gasteiger partial charge in [-0.3, -0.25) is 4.79 Å². The van der Waals surface area contributed by atoms with Crippen LogP contribution >= 0.6 is 0 Å². The highest BCUT2D eigenvalue weighted by molar-refractivity contribution is 5.82. The topological polar surface area (TPSA) is 64.6 Å². The van der Waals surface area contributed by atoms with Crippen molar-refractivity contribution in [2.45, 2.75) is 39.8 Å². The number of carbonyl (C=O) groups excluding carboxylic acids is 2. The lowest BCUT2D eigenvalue weighted by atomic mass is 9.95. The van der Waals surface area contributed by atoms with E-state index in [0.29, 0.717) is 12.3 Å². The number of amides is 1. The molecule has 1 N–H and O–H groups in total. The van der Waals surface area contributed by atoms with Crippen LogP contribution in [-0.4, -0.2) is 17.7 Å². The maximum Gasteiger partial charge on any atom is 0.407 e. The first-order valence-corrected chi connectivity index (χ1v) is 10.8. The van der Waals surface area contributed by atoms with Crippen molar-refractivity contribution in [2.24, 2.45) is 0 Å². The van der Waals surface area contributed by atoms with Gasteiger partial charge in [0.2, 0.25) is 0 Å². The van der Waals surface area contributed by atoms with Crippen LogP contribution in [0.15, 0.2) is 72.8 Å². The highest BCUT2D eigenvalue weighted by Crippen LogP contribution is 2.29. The quantitative estimate of drug-likeness (QED) is 0.269. The van der Waals surface area contributed by atoms with Crippen LogP contribution in [0.1, 0.15) is 44.4 Å². The molecular weight excluding hydrogens is 414 g/mol. The summed E-state index contributed by atoms with van der Waals surface area (Å²) in [4.78, 5) is 23.2. The van der Waals surface area contributed by atoms with Crippen LogP contribution in [0.4, 0.5) is 4.79 Å². The summed E-state index contributed by atoms with van der Waals surface area (Å²) >= 11 is 0. The van der Waals surface area contributed by atoms with E-state index in [1.165, 1.54) is 6.92 Å². The van der Waals surface area contributed by atoms with E-state index >= 15 is 0 Å². The Morgan fingerprint density at radius 3 is 2.15 bits per heavy atom. The third-order valence-electron chi connectivity index (χ3n) is 4.69. The van der Waals surface area contributed by atoms with Gasteiger partial charge in [-0.1, -0.05) is 72.8 Å². The molecule has 0 atom stereocenters. The molecule has 0 bridgehead atoms. The van der Waals surface area contributed by atoms with Crippen LogP contribution in [0.2, 0.25) is 0 Å². The zero-order valence-electron chi connectivity index (χ0n) is 19.4. The molecule has 0 radical (unpaired) electrons. The average Bonchev–Trinajstić information content (AvgIpc) is 2.76. The predicted octanol–water partition coefficient (Wildman–Crippen LogP) is 6.47. The van der Waals surface area contributed by atoms with E-state index in [9.17, 15) is 9.59 Å².